The number of rotatable bonds is 5. The predicted octanol–water partition coefficient (Wildman–Crippen LogP) is 1.62. The van der Waals surface area contributed by atoms with E-state index in [1.807, 2.05) is 6.92 Å². The second-order valence-corrected chi connectivity index (χ2v) is 5.90. The lowest BCUT2D eigenvalue weighted by Gasteiger charge is -2.09. The molecule has 0 spiro atoms. The van der Waals surface area contributed by atoms with E-state index in [-0.39, 0.29) is 22.1 Å². The summed E-state index contributed by atoms with van der Waals surface area (Å²) in [4.78, 5) is 11.9. The van der Waals surface area contributed by atoms with Crippen LogP contribution < -0.4 is 5.32 Å². The van der Waals surface area contributed by atoms with E-state index in [9.17, 15) is 13.2 Å². The van der Waals surface area contributed by atoms with Gasteiger partial charge in [0.25, 0.3) is 5.91 Å². The summed E-state index contributed by atoms with van der Waals surface area (Å²) in [6.45, 7) is 4.05. The summed E-state index contributed by atoms with van der Waals surface area (Å²) in [7, 11) is -3.36. The summed E-state index contributed by atoms with van der Waals surface area (Å²) in [5.74, 6) is -0.343. The van der Waals surface area contributed by atoms with Crippen LogP contribution in [-0.2, 0) is 9.84 Å². The highest BCUT2D eigenvalue weighted by atomic mass is 32.2. The molecule has 4 nitrogen and oxygen atoms in total. The van der Waals surface area contributed by atoms with Crippen molar-refractivity contribution in [1.82, 2.24) is 5.32 Å². The third-order valence-corrected chi connectivity index (χ3v) is 4.17. The molecule has 1 N–H and O–H groups in total. The first-order valence-electron chi connectivity index (χ1n) is 5.63. The van der Waals surface area contributed by atoms with E-state index in [4.69, 9.17) is 0 Å². The van der Waals surface area contributed by atoms with Crippen LogP contribution in [0.15, 0.2) is 29.2 Å². The van der Waals surface area contributed by atoms with Gasteiger partial charge in [-0.2, -0.15) is 0 Å². The third kappa shape index (κ3) is 3.30. The van der Waals surface area contributed by atoms with Gasteiger partial charge >= 0.3 is 0 Å². The van der Waals surface area contributed by atoms with Gasteiger partial charge in [0.2, 0.25) is 0 Å². The first-order valence-corrected chi connectivity index (χ1v) is 7.28. The maximum Gasteiger partial charge on any atom is 0.252 e. The Hall–Kier alpha value is -1.36. The third-order valence-electron chi connectivity index (χ3n) is 2.38. The number of benzene rings is 1. The van der Waals surface area contributed by atoms with E-state index in [0.29, 0.717) is 6.54 Å². The summed E-state index contributed by atoms with van der Waals surface area (Å²) in [5.41, 5.74) is 0.225. The molecule has 0 aliphatic heterocycles. The van der Waals surface area contributed by atoms with Crippen molar-refractivity contribution in [2.45, 2.75) is 25.2 Å². The monoisotopic (exact) mass is 255 g/mol. The van der Waals surface area contributed by atoms with E-state index in [1.165, 1.54) is 12.1 Å². The average molecular weight is 255 g/mol. The quantitative estimate of drug-likeness (QED) is 0.869. The molecule has 0 unspecified atom stereocenters. The second kappa shape index (κ2) is 5.82. The average Bonchev–Trinajstić information content (AvgIpc) is 2.36. The lowest BCUT2D eigenvalue weighted by molar-refractivity contribution is 0.0950. The maximum absolute atomic E-state index is 11.8. The van der Waals surface area contributed by atoms with Crippen molar-refractivity contribution >= 4 is 15.7 Å². The highest BCUT2D eigenvalue weighted by molar-refractivity contribution is 7.91. The molecule has 5 heteroatoms. The van der Waals surface area contributed by atoms with Crippen LogP contribution in [0.25, 0.3) is 0 Å². The van der Waals surface area contributed by atoms with Gasteiger partial charge in [0, 0.05) is 6.54 Å². The van der Waals surface area contributed by atoms with Crippen molar-refractivity contribution in [3.63, 3.8) is 0 Å². The Morgan fingerprint density at radius 1 is 1.24 bits per heavy atom. The first kappa shape index (κ1) is 13.7. The minimum absolute atomic E-state index is 0.00886. The molecule has 0 aliphatic rings. The fourth-order valence-corrected chi connectivity index (χ4v) is 2.51. The zero-order chi connectivity index (χ0) is 12.9. The number of sulfone groups is 1. The molecular weight excluding hydrogens is 238 g/mol. The number of carbonyl (C=O) groups is 1. The van der Waals surface area contributed by atoms with Gasteiger partial charge in [0.05, 0.1) is 16.2 Å². The van der Waals surface area contributed by atoms with Gasteiger partial charge in [-0.1, -0.05) is 26.0 Å². The van der Waals surface area contributed by atoms with Crippen molar-refractivity contribution in [3.8, 4) is 0 Å². The minimum atomic E-state index is -3.36. The standard InChI is InChI=1S/C12H17NO3S/c1-3-9-13-12(14)10-7-5-6-8-11(10)17(15,16)4-2/h5-8H,3-4,9H2,1-2H3,(H,13,14). The Labute approximate surface area is 102 Å². The molecule has 94 valence electrons. The van der Waals surface area contributed by atoms with Crippen molar-refractivity contribution in [1.29, 1.82) is 0 Å². The molecule has 1 aromatic rings. The Morgan fingerprint density at radius 3 is 2.47 bits per heavy atom. The normalized spacial score (nSPS) is 11.2. The van der Waals surface area contributed by atoms with E-state index < -0.39 is 9.84 Å². The molecule has 1 aromatic carbocycles. The Kier molecular flexibility index (Phi) is 4.69. The maximum atomic E-state index is 11.8. The van der Waals surface area contributed by atoms with Crippen molar-refractivity contribution in [2.75, 3.05) is 12.3 Å². The zero-order valence-corrected chi connectivity index (χ0v) is 10.9. The van der Waals surface area contributed by atoms with Gasteiger partial charge in [-0.05, 0) is 18.6 Å². The van der Waals surface area contributed by atoms with Crippen LogP contribution in [-0.4, -0.2) is 26.6 Å². The number of amides is 1. The van der Waals surface area contributed by atoms with E-state index in [1.54, 1.807) is 19.1 Å². The SMILES string of the molecule is CCCNC(=O)c1ccccc1S(=O)(=O)CC. The van der Waals surface area contributed by atoms with Crippen LogP contribution in [0.4, 0.5) is 0 Å². The van der Waals surface area contributed by atoms with E-state index >= 15 is 0 Å². The Bertz CT molecular complexity index is 494. The van der Waals surface area contributed by atoms with E-state index in [0.717, 1.165) is 6.42 Å². The van der Waals surface area contributed by atoms with Crippen LogP contribution >= 0.6 is 0 Å². The molecule has 1 rings (SSSR count). The second-order valence-electron chi connectivity index (χ2n) is 3.66. The molecule has 0 atom stereocenters. The Balaban J connectivity index is 3.13. The molecular formula is C12H17NO3S. The molecule has 0 radical (unpaired) electrons. The smallest absolute Gasteiger partial charge is 0.252 e. The zero-order valence-electron chi connectivity index (χ0n) is 10.1. The molecule has 0 saturated carbocycles. The first-order chi connectivity index (χ1) is 8.03. The van der Waals surface area contributed by atoms with Gasteiger partial charge in [0.1, 0.15) is 0 Å². The molecule has 0 saturated heterocycles. The number of hydrogen-bond donors (Lipinski definition) is 1. The molecule has 0 heterocycles. The summed E-state index contributed by atoms with van der Waals surface area (Å²) in [5, 5.41) is 2.68. The molecule has 1 amide bonds. The van der Waals surface area contributed by atoms with Gasteiger partial charge < -0.3 is 5.32 Å². The van der Waals surface area contributed by atoms with Crippen molar-refractivity contribution in [2.24, 2.45) is 0 Å². The number of nitrogens with one attached hydrogen (secondary N) is 1. The Morgan fingerprint density at radius 2 is 1.88 bits per heavy atom. The van der Waals surface area contributed by atoms with Crippen molar-refractivity contribution in [3.05, 3.63) is 29.8 Å². The lowest BCUT2D eigenvalue weighted by atomic mass is 10.2. The highest BCUT2D eigenvalue weighted by Crippen LogP contribution is 2.16. The summed E-state index contributed by atoms with van der Waals surface area (Å²) in [6, 6.07) is 6.29. The van der Waals surface area contributed by atoms with E-state index in [2.05, 4.69) is 5.32 Å². The molecule has 0 aromatic heterocycles. The fraction of sp³-hybridized carbons (Fsp3) is 0.417. The molecule has 0 fully saturated rings. The van der Waals surface area contributed by atoms with Gasteiger partial charge in [-0.15, -0.1) is 0 Å². The van der Waals surface area contributed by atoms with Crippen LogP contribution in [0.3, 0.4) is 0 Å². The summed E-state index contributed by atoms with van der Waals surface area (Å²) >= 11 is 0. The molecule has 0 aliphatic carbocycles. The topological polar surface area (TPSA) is 63.2 Å². The number of carbonyl (C=O) groups excluding carboxylic acids is 1. The highest BCUT2D eigenvalue weighted by Gasteiger charge is 2.19. The molecule has 17 heavy (non-hydrogen) atoms. The van der Waals surface area contributed by atoms with Crippen LogP contribution in [0.5, 0.6) is 0 Å². The van der Waals surface area contributed by atoms with Gasteiger partial charge in [-0.25, -0.2) is 8.42 Å². The summed E-state index contributed by atoms with van der Waals surface area (Å²) in [6.07, 6.45) is 0.814. The lowest BCUT2D eigenvalue weighted by Crippen LogP contribution is -2.26. The predicted molar refractivity (Wildman–Crippen MR) is 66.8 cm³/mol. The van der Waals surface area contributed by atoms with Crippen molar-refractivity contribution < 1.29 is 13.2 Å². The fourth-order valence-electron chi connectivity index (χ4n) is 1.41. The molecule has 0 bridgehead atoms. The van der Waals surface area contributed by atoms with Crippen LogP contribution in [0.2, 0.25) is 0 Å². The van der Waals surface area contributed by atoms with Gasteiger partial charge in [-0.3, -0.25) is 4.79 Å². The van der Waals surface area contributed by atoms with Crippen LogP contribution in [0, 0.1) is 0 Å². The number of hydrogen-bond acceptors (Lipinski definition) is 3. The summed E-state index contributed by atoms with van der Waals surface area (Å²) < 4.78 is 23.6. The van der Waals surface area contributed by atoms with Gasteiger partial charge in [0.15, 0.2) is 9.84 Å². The van der Waals surface area contributed by atoms with Crippen LogP contribution in [0.1, 0.15) is 30.6 Å². The largest absolute Gasteiger partial charge is 0.352 e. The minimum Gasteiger partial charge on any atom is -0.352 e.